The summed E-state index contributed by atoms with van der Waals surface area (Å²) in [6.07, 6.45) is 17.8. The molecule has 2 aromatic carbocycles. The molecule has 2 fully saturated rings. The molecule has 0 saturated carbocycles. The first-order valence-electron chi connectivity index (χ1n) is 23.8. The molecule has 2 aromatic heterocycles. The second-order valence-corrected chi connectivity index (χ2v) is 18.2. The molecular formula is C50H64N8O4. The average Bonchev–Trinajstić information content (AvgIpc) is 4.00. The minimum absolute atomic E-state index is 0.274. The Bertz CT molecular complexity index is 2190. The van der Waals surface area contributed by atoms with E-state index in [1.54, 1.807) is 0 Å². The van der Waals surface area contributed by atoms with E-state index in [9.17, 15) is 19.2 Å². The topological polar surface area (TPSA) is 137 Å². The van der Waals surface area contributed by atoms with E-state index in [4.69, 9.17) is 0 Å². The molecule has 0 aliphatic carbocycles. The number of carbonyl (C=O) groups excluding carboxylic acids is 4. The smallest absolute Gasteiger partial charge is 0.275 e. The minimum Gasteiger partial charge on any atom is -0.364 e. The van der Waals surface area contributed by atoms with Gasteiger partial charge in [-0.1, -0.05) is 101 Å². The van der Waals surface area contributed by atoms with E-state index >= 15 is 0 Å². The SMILES string of the molecule is O=C1NC(=O)C2=C1c1c([nH]c3ccccc13)CCCCCCCCCCCCc1[nH]c3ccccc3c1C1=C(C(=O)NC1=O)N1CCN(CCCCCCN3CCN2CC3)CC1. The predicted molar refractivity (Wildman–Crippen MR) is 245 cm³/mol. The predicted octanol–water partition coefficient (Wildman–Crippen LogP) is 6.88. The molecule has 0 atom stereocenters. The van der Waals surface area contributed by atoms with Crippen molar-refractivity contribution in [2.45, 2.75) is 103 Å². The van der Waals surface area contributed by atoms with E-state index in [1.165, 1.54) is 51.4 Å². The lowest BCUT2D eigenvalue weighted by Gasteiger charge is -2.36. The summed E-state index contributed by atoms with van der Waals surface area (Å²) in [5.41, 5.74) is 8.09. The van der Waals surface area contributed by atoms with E-state index in [-0.39, 0.29) is 23.6 Å². The van der Waals surface area contributed by atoms with Crippen LogP contribution in [0.15, 0.2) is 59.9 Å². The molecule has 7 aliphatic heterocycles. The van der Waals surface area contributed by atoms with Crippen molar-refractivity contribution >= 4 is 56.6 Å². The number of carbonyl (C=O) groups is 4. The van der Waals surface area contributed by atoms with Crippen LogP contribution in [0.2, 0.25) is 0 Å². The van der Waals surface area contributed by atoms with Crippen LogP contribution in [-0.2, 0) is 32.0 Å². The van der Waals surface area contributed by atoms with Crippen molar-refractivity contribution in [3.05, 3.63) is 82.4 Å². The highest BCUT2D eigenvalue weighted by atomic mass is 16.2. The molecule has 4 bridgehead atoms. The number of hydrogen-bond acceptors (Lipinski definition) is 8. The van der Waals surface area contributed by atoms with Gasteiger partial charge in [0.25, 0.3) is 23.6 Å². The van der Waals surface area contributed by atoms with Gasteiger partial charge in [-0.2, -0.15) is 0 Å². The monoisotopic (exact) mass is 841 g/mol. The Hall–Kier alpha value is -5.20. The van der Waals surface area contributed by atoms with Crippen molar-refractivity contribution in [3.63, 3.8) is 0 Å². The highest BCUT2D eigenvalue weighted by molar-refractivity contribution is 6.38. The van der Waals surface area contributed by atoms with Crippen molar-refractivity contribution in [3.8, 4) is 0 Å². The van der Waals surface area contributed by atoms with E-state index in [1.807, 2.05) is 24.3 Å². The van der Waals surface area contributed by atoms with Crippen LogP contribution in [-0.4, -0.2) is 119 Å². The highest BCUT2D eigenvalue weighted by Crippen LogP contribution is 2.38. The van der Waals surface area contributed by atoms with Crippen LogP contribution in [0.3, 0.4) is 0 Å². The van der Waals surface area contributed by atoms with Crippen LogP contribution < -0.4 is 10.6 Å². The molecule has 62 heavy (non-hydrogen) atoms. The van der Waals surface area contributed by atoms with E-state index in [2.05, 4.69) is 64.5 Å². The number of hydrogen-bond donors (Lipinski definition) is 4. The third kappa shape index (κ3) is 8.99. The van der Waals surface area contributed by atoms with Crippen LogP contribution in [0.4, 0.5) is 0 Å². The Morgan fingerprint density at radius 1 is 0.371 bits per heavy atom. The molecule has 0 spiro atoms. The fourth-order valence-corrected chi connectivity index (χ4v) is 10.7. The van der Waals surface area contributed by atoms with Crippen molar-refractivity contribution in [1.29, 1.82) is 0 Å². The van der Waals surface area contributed by atoms with Gasteiger partial charge in [-0.15, -0.1) is 0 Å². The fourth-order valence-electron chi connectivity index (χ4n) is 10.7. The van der Waals surface area contributed by atoms with Gasteiger partial charge in [0.2, 0.25) is 0 Å². The lowest BCUT2D eigenvalue weighted by Crippen LogP contribution is -2.47. The Labute approximate surface area is 365 Å². The molecule has 9 heterocycles. The van der Waals surface area contributed by atoms with E-state index in [0.29, 0.717) is 22.5 Å². The number of rotatable bonds is 0. The molecule has 4 N–H and O–H groups in total. The van der Waals surface area contributed by atoms with E-state index < -0.39 is 0 Å². The van der Waals surface area contributed by atoms with E-state index in [0.717, 1.165) is 161 Å². The maximum atomic E-state index is 13.6. The number of para-hydroxylation sites is 2. The summed E-state index contributed by atoms with van der Waals surface area (Å²) in [6, 6.07) is 16.4. The highest BCUT2D eigenvalue weighted by Gasteiger charge is 2.39. The van der Waals surface area contributed by atoms with Crippen molar-refractivity contribution in [2.75, 3.05) is 65.4 Å². The number of aromatic amines is 2. The Balaban J connectivity index is 0.880. The van der Waals surface area contributed by atoms with Crippen LogP contribution >= 0.6 is 0 Å². The van der Waals surface area contributed by atoms with Crippen molar-refractivity contribution < 1.29 is 19.2 Å². The number of H-pyrrole nitrogens is 2. The molecule has 0 unspecified atom stereocenters. The standard InChI is InChI=1S/C50H64N8O4/c59-47-43-41-35-19-13-15-21-37(35)51-39(41)23-11-7-5-3-1-2-4-6-8-12-24-40-42(36-20-14-16-22-38(36)52-40)44-46(50(62)54-48(44)60)58-33-29-56(30-34-58)26-18-10-9-17-25-55-27-31-57(32-28-55)45(43)49(61)53-47/h13-16,19-22,51-52H,1-12,17-18,23-34H2,(H,53,59,61)(H,54,60,62). The number of nitrogens with zero attached hydrogens (tertiary/aromatic N) is 4. The lowest BCUT2D eigenvalue weighted by molar-refractivity contribution is -0.126. The molecule has 4 amide bonds. The number of fused-ring (bicyclic) bond motifs is 4. The van der Waals surface area contributed by atoms with Crippen molar-refractivity contribution in [2.24, 2.45) is 0 Å². The first kappa shape index (κ1) is 42.1. The summed E-state index contributed by atoms with van der Waals surface area (Å²) in [4.78, 5) is 70.7. The molecule has 12 nitrogen and oxygen atoms in total. The third-order valence-corrected chi connectivity index (χ3v) is 14.1. The molecular weight excluding hydrogens is 777 g/mol. The van der Waals surface area contributed by atoms with Crippen molar-refractivity contribution in [1.82, 2.24) is 40.2 Å². The summed E-state index contributed by atoms with van der Waals surface area (Å²) in [7, 11) is 0. The van der Waals surface area contributed by atoms with Gasteiger partial charge in [0, 0.05) is 96.7 Å². The first-order valence-corrected chi connectivity index (χ1v) is 23.8. The van der Waals surface area contributed by atoms with Gasteiger partial charge >= 0.3 is 0 Å². The number of imide groups is 2. The largest absolute Gasteiger partial charge is 0.364 e. The molecule has 4 aromatic rings. The summed E-state index contributed by atoms with van der Waals surface area (Å²) in [5.74, 6) is -1.11. The summed E-state index contributed by atoms with van der Waals surface area (Å²) >= 11 is 0. The summed E-state index contributed by atoms with van der Waals surface area (Å²) in [6.45, 7) is 8.43. The lowest BCUT2D eigenvalue weighted by atomic mass is 9.97. The van der Waals surface area contributed by atoms with Crippen LogP contribution in [0.5, 0.6) is 0 Å². The number of amides is 4. The number of aryl methyl sites for hydroxylation is 2. The Morgan fingerprint density at radius 3 is 1.13 bits per heavy atom. The van der Waals surface area contributed by atoms with Gasteiger partial charge in [-0.25, -0.2) is 0 Å². The maximum Gasteiger partial charge on any atom is 0.275 e. The molecule has 7 aliphatic rings. The molecule has 2 saturated heterocycles. The second kappa shape index (κ2) is 19.5. The van der Waals surface area contributed by atoms with Gasteiger partial charge in [-0.05, 0) is 63.7 Å². The number of benzene rings is 2. The summed E-state index contributed by atoms with van der Waals surface area (Å²) in [5, 5.41) is 7.36. The first-order chi connectivity index (χ1) is 30.4. The minimum atomic E-state index is -0.282. The maximum absolute atomic E-state index is 13.6. The van der Waals surface area contributed by atoms with Crippen LogP contribution in [0.25, 0.3) is 33.0 Å². The Morgan fingerprint density at radius 2 is 0.726 bits per heavy atom. The van der Waals surface area contributed by atoms with Gasteiger partial charge in [0.15, 0.2) is 0 Å². The second-order valence-electron chi connectivity index (χ2n) is 18.2. The molecule has 11 rings (SSSR count). The number of nitrogens with one attached hydrogen (secondary N) is 4. The normalized spacial score (nSPS) is 23.6. The zero-order valence-corrected chi connectivity index (χ0v) is 36.4. The van der Waals surface area contributed by atoms with Crippen LogP contribution in [0.1, 0.15) is 112 Å². The Kier molecular flexibility index (Phi) is 13.2. The molecule has 12 heteroatoms. The van der Waals surface area contributed by atoms with Crippen LogP contribution in [0, 0.1) is 0 Å². The van der Waals surface area contributed by atoms with Gasteiger partial charge < -0.3 is 19.8 Å². The van der Waals surface area contributed by atoms with Gasteiger partial charge in [0.05, 0.1) is 11.1 Å². The fraction of sp³-hybridized carbons (Fsp3) is 0.520. The number of aromatic nitrogens is 2. The number of piperazine rings is 2. The molecule has 0 radical (unpaired) electrons. The zero-order valence-electron chi connectivity index (χ0n) is 36.4. The zero-order chi connectivity index (χ0) is 42.4. The third-order valence-electron chi connectivity index (χ3n) is 14.1. The average molecular weight is 841 g/mol. The summed E-state index contributed by atoms with van der Waals surface area (Å²) < 4.78 is 0. The van der Waals surface area contributed by atoms with Gasteiger partial charge in [-0.3, -0.25) is 39.6 Å². The quantitative estimate of drug-likeness (QED) is 0.141. The molecule has 328 valence electrons. The van der Waals surface area contributed by atoms with Gasteiger partial charge in [0.1, 0.15) is 11.4 Å².